The summed E-state index contributed by atoms with van der Waals surface area (Å²) in [6.45, 7) is 5.26. The van der Waals surface area contributed by atoms with Crippen molar-refractivity contribution in [2.24, 2.45) is 5.41 Å². The van der Waals surface area contributed by atoms with Crippen LogP contribution in [0.5, 0.6) is 0 Å². The summed E-state index contributed by atoms with van der Waals surface area (Å²) in [6.07, 6.45) is 4.88. The molecule has 1 aromatic carbocycles. The highest BCUT2D eigenvalue weighted by Gasteiger charge is 2.29. The smallest absolute Gasteiger partial charge is 0.129 e. The zero-order valence-electron chi connectivity index (χ0n) is 13.2. The number of hydrogen-bond acceptors (Lipinski definition) is 2. The minimum absolute atomic E-state index is 0.111. The summed E-state index contributed by atoms with van der Waals surface area (Å²) in [4.78, 5) is 2.28. The summed E-state index contributed by atoms with van der Waals surface area (Å²) in [5.41, 5.74) is 2.28. The van der Waals surface area contributed by atoms with Gasteiger partial charge in [0, 0.05) is 30.9 Å². The number of nitrogens with one attached hydrogen (secondary N) is 1. The van der Waals surface area contributed by atoms with Crippen LogP contribution in [0.25, 0.3) is 0 Å². The van der Waals surface area contributed by atoms with Gasteiger partial charge >= 0.3 is 0 Å². The number of anilines is 1. The number of hydrogen-bond donors (Lipinski definition) is 1. The predicted octanol–water partition coefficient (Wildman–Crippen LogP) is 3.95. The number of benzene rings is 1. The lowest BCUT2D eigenvalue weighted by molar-refractivity contribution is 0.222. The second-order valence-electron chi connectivity index (χ2n) is 6.77. The van der Waals surface area contributed by atoms with Crippen molar-refractivity contribution in [2.75, 3.05) is 19.0 Å². The molecule has 0 unspecified atom stereocenters. The summed E-state index contributed by atoms with van der Waals surface area (Å²) in [5, 5.41) is 3.07. The SMILES string of the molecule is CNCc1c(F)cccc1N(C)C1CCC(C)(C)CC1. The van der Waals surface area contributed by atoms with Gasteiger partial charge in [0.15, 0.2) is 0 Å². The van der Waals surface area contributed by atoms with E-state index in [1.165, 1.54) is 25.7 Å². The van der Waals surface area contributed by atoms with Crippen molar-refractivity contribution >= 4 is 5.69 Å². The van der Waals surface area contributed by atoms with E-state index in [-0.39, 0.29) is 5.82 Å². The molecular weight excluding hydrogens is 251 g/mol. The van der Waals surface area contributed by atoms with Crippen LogP contribution in [0.1, 0.15) is 45.1 Å². The zero-order valence-corrected chi connectivity index (χ0v) is 13.2. The van der Waals surface area contributed by atoms with Gasteiger partial charge in [0.25, 0.3) is 0 Å². The van der Waals surface area contributed by atoms with Crippen LogP contribution in [0.15, 0.2) is 18.2 Å². The van der Waals surface area contributed by atoms with Crippen LogP contribution in [0, 0.1) is 11.2 Å². The fourth-order valence-corrected chi connectivity index (χ4v) is 3.20. The lowest BCUT2D eigenvalue weighted by Crippen LogP contribution is -2.38. The van der Waals surface area contributed by atoms with Crippen molar-refractivity contribution < 1.29 is 4.39 Å². The Balaban J connectivity index is 2.17. The molecule has 2 rings (SSSR count). The second kappa shape index (κ2) is 6.13. The van der Waals surface area contributed by atoms with Crippen LogP contribution in [-0.2, 0) is 6.54 Å². The number of nitrogens with zero attached hydrogens (tertiary/aromatic N) is 1. The molecule has 1 N–H and O–H groups in total. The first-order chi connectivity index (χ1) is 9.44. The molecule has 0 atom stereocenters. The van der Waals surface area contributed by atoms with Gasteiger partial charge in [0.1, 0.15) is 5.82 Å². The molecule has 0 radical (unpaired) electrons. The second-order valence-corrected chi connectivity index (χ2v) is 6.77. The van der Waals surface area contributed by atoms with Crippen molar-refractivity contribution in [1.82, 2.24) is 5.32 Å². The normalized spacial score (nSPS) is 19.1. The molecule has 1 fully saturated rings. The van der Waals surface area contributed by atoms with E-state index in [1.807, 2.05) is 19.2 Å². The summed E-state index contributed by atoms with van der Waals surface area (Å²) in [5.74, 6) is -0.111. The summed E-state index contributed by atoms with van der Waals surface area (Å²) < 4.78 is 14.0. The Labute approximate surface area is 122 Å². The molecule has 0 saturated heterocycles. The maximum Gasteiger partial charge on any atom is 0.129 e. The molecular formula is C17H27FN2. The average molecular weight is 278 g/mol. The molecule has 1 saturated carbocycles. The van der Waals surface area contributed by atoms with Gasteiger partial charge in [-0.3, -0.25) is 0 Å². The lowest BCUT2D eigenvalue weighted by Gasteiger charge is -2.40. The molecule has 20 heavy (non-hydrogen) atoms. The van der Waals surface area contributed by atoms with Gasteiger partial charge in [-0.2, -0.15) is 0 Å². The Morgan fingerprint density at radius 2 is 1.95 bits per heavy atom. The van der Waals surface area contributed by atoms with Crippen molar-refractivity contribution in [3.05, 3.63) is 29.6 Å². The Morgan fingerprint density at radius 1 is 1.30 bits per heavy atom. The third-order valence-electron chi connectivity index (χ3n) is 4.68. The minimum atomic E-state index is -0.111. The summed E-state index contributed by atoms with van der Waals surface area (Å²) in [6, 6.07) is 5.93. The maximum atomic E-state index is 14.0. The Kier molecular flexibility index (Phi) is 4.69. The van der Waals surface area contributed by atoms with Crippen LogP contribution in [0.3, 0.4) is 0 Å². The van der Waals surface area contributed by atoms with E-state index >= 15 is 0 Å². The lowest BCUT2D eigenvalue weighted by atomic mass is 9.75. The van der Waals surface area contributed by atoms with Gasteiger partial charge in [-0.25, -0.2) is 4.39 Å². The predicted molar refractivity (Wildman–Crippen MR) is 83.6 cm³/mol. The molecule has 0 amide bonds. The number of halogens is 1. The summed E-state index contributed by atoms with van der Waals surface area (Å²) >= 11 is 0. The van der Waals surface area contributed by atoms with E-state index in [2.05, 4.69) is 31.1 Å². The highest BCUT2D eigenvalue weighted by molar-refractivity contribution is 5.54. The van der Waals surface area contributed by atoms with Crippen molar-refractivity contribution in [3.8, 4) is 0 Å². The molecule has 0 bridgehead atoms. The highest BCUT2D eigenvalue weighted by atomic mass is 19.1. The first-order valence-electron chi connectivity index (χ1n) is 7.59. The molecule has 0 aromatic heterocycles. The van der Waals surface area contributed by atoms with Crippen molar-refractivity contribution in [3.63, 3.8) is 0 Å². The van der Waals surface area contributed by atoms with E-state index in [9.17, 15) is 4.39 Å². The van der Waals surface area contributed by atoms with Crippen LogP contribution < -0.4 is 10.2 Å². The highest BCUT2D eigenvalue weighted by Crippen LogP contribution is 2.38. The average Bonchev–Trinajstić information content (AvgIpc) is 2.40. The molecule has 1 aromatic rings. The van der Waals surface area contributed by atoms with Crippen LogP contribution in [0.4, 0.5) is 10.1 Å². The van der Waals surface area contributed by atoms with Gasteiger partial charge in [-0.1, -0.05) is 19.9 Å². The first kappa shape index (κ1) is 15.3. The van der Waals surface area contributed by atoms with Crippen molar-refractivity contribution in [2.45, 2.75) is 52.1 Å². The van der Waals surface area contributed by atoms with Crippen LogP contribution >= 0.6 is 0 Å². The first-order valence-corrected chi connectivity index (χ1v) is 7.59. The van der Waals surface area contributed by atoms with E-state index < -0.39 is 0 Å². The summed E-state index contributed by atoms with van der Waals surface area (Å²) in [7, 11) is 3.97. The Morgan fingerprint density at radius 3 is 2.55 bits per heavy atom. The quantitative estimate of drug-likeness (QED) is 0.897. The minimum Gasteiger partial charge on any atom is -0.371 e. The molecule has 0 spiro atoms. The molecule has 112 valence electrons. The fourth-order valence-electron chi connectivity index (χ4n) is 3.20. The molecule has 0 heterocycles. The fraction of sp³-hybridized carbons (Fsp3) is 0.647. The van der Waals surface area contributed by atoms with Gasteiger partial charge in [-0.05, 0) is 50.3 Å². The molecule has 3 heteroatoms. The van der Waals surface area contributed by atoms with E-state index in [0.717, 1.165) is 11.3 Å². The van der Waals surface area contributed by atoms with Crippen LogP contribution in [-0.4, -0.2) is 20.1 Å². The van der Waals surface area contributed by atoms with Gasteiger partial charge < -0.3 is 10.2 Å². The Bertz CT molecular complexity index is 446. The van der Waals surface area contributed by atoms with E-state index in [1.54, 1.807) is 6.07 Å². The van der Waals surface area contributed by atoms with Gasteiger partial charge in [-0.15, -0.1) is 0 Å². The van der Waals surface area contributed by atoms with E-state index in [0.29, 0.717) is 18.0 Å². The number of rotatable bonds is 4. The molecule has 2 nitrogen and oxygen atoms in total. The van der Waals surface area contributed by atoms with Gasteiger partial charge in [0.2, 0.25) is 0 Å². The Hall–Kier alpha value is -1.09. The molecule has 0 aliphatic heterocycles. The third-order valence-corrected chi connectivity index (χ3v) is 4.68. The maximum absolute atomic E-state index is 14.0. The molecule has 1 aliphatic carbocycles. The zero-order chi connectivity index (χ0) is 14.8. The standard InChI is InChI=1S/C17H27FN2/c1-17(2)10-8-13(9-11-17)20(4)16-7-5-6-15(18)14(16)12-19-3/h5-7,13,19H,8-12H2,1-4H3. The third kappa shape index (κ3) is 3.32. The monoisotopic (exact) mass is 278 g/mol. The molecule has 1 aliphatic rings. The largest absolute Gasteiger partial charge is 0.371 e. The van der Waals surface area contributed by atoms with E-state index in [4.69, 9.17) is 0 Å². The van der Waals surface area contributed by atoms with Crippen molar-refractivity contribution in [1.29, 1.82) is 0 Å². The van der Waals surface area contributed by atoms with Gasteiger partial charge in [0.05, 0.1) is 0 Å². The van der Waals surface area contributed by atoms with Crippen LogP contribution in [0.2, 0.25) is 0 Å². The topological polar surface area (TPSA) is 15.3 Å².